The van der Waals surface area contributed by atoms with E-state index in [1.165, 1.54) is 0 Å². The molecule has 1 saturated heterocycles. The van der Waals surface area contributed by atoms with Gasteiger partial charge in [0.05, 0.1) is 23.5 Å². The zero-order valence-electron chi connectivity index (χ0n) is 18.6. The summed E-state index contributed by atoms with van der Waals surface area (Å²) >= 11 is 0. The van der Waals surface area contributed by atoms with Crippen molar-refractivity contribution < 1.29 is 9.53 Å². The number of hydrogen-bond acceptors (Lipinski definition) is 7. The molecule has 3 aromatic heterocycles. The van der Waals surface area contributed by atoms with Crippen LogP contribution in [0, 0.1) is 0 Å². The number of carbonyl (C=O) groups is 1. The summed E-state index contributed by atoms with van der Waals surface area (Å²) in [6, 6.07) is 6.20. The molecule has 168 valence electrons. The average Bonchev–Trinajstić information content (AvgIpc) is 3.43. The molecule has 6 rings (SSSR count). The number of anilines is 1. The zero-order chi connectivity index (χ0) is 22.6. The second-order valence-corrected chi connectivity index (χ2v) is 9.14. The second-order valence-electron chi connectivity index (χ2n) is 9.14. The molecule has 2 aliphatic rings. The van der Waals surface area contributed by atoms with Gasteiger partial charge in [-0.15, -0.1) is 0 Å². The molecule has 2 N–H and O–H groups in total. The standard InChI is InChI=1S/C24H25N7O2/c1-24(31-9-3-4-19(31)32)11-15(12-24)28-23-29-21-20(22(30-23)33-2)16(13-27-21)14-5-6-17-18(10-14)26-8-7-25-17/h5-8,10,13,15H,3-4,9,11-12H2,1-2H3,(H2,27,28,29,30)/t15-,24+. The van der Waals surface area contributed by atoms with Gasteiger partial charge in [0, 0.05) is 48.7 Å². The van der Waals surface area contributed by atoms with Crippen LogP contribution in [0.4, 0.5) is 5.95 Å². The second kappa shape index (κ2) is 7.40. The van der Waals surface area contributed by atoms with Crippen molar-refractivity contribution >= 4 is 33.9 Å². The van der Waals surface area contributed by atoms with E-state index in [1.807, 2.05) is 29.3 Å². The number of nitrogens with zero attached hydrogens (tertiary/aromatic N) is 5. The van der Waals surface area contributed by atoms with Gasteiger partial charge in [0.1, 0.15) is 5.65 Å². The molecule has 0 bridgehead atoms. The minimum Gasteiger partial charge on any atom is -0.480 e. The molecule has 1 amide bonds. The van der Waals surface area contributed by atoms with Crippen LogP contribution >= 0.6 is 0 Å². The number of aromatic amines is 1. The fourth-order valence-corrected chi connectivity index (χ4v) is 5.30. The molecule has 0 atom stereocenters. The van der Waals surface area contributed by atoms with Crippen molar-refractivity contribution in [1.29, 1.82) is 0 Å². The van der Waals surface area contributed by atoms with Gasteiger partial charge in [0.15, 0.2) is 0 Å². The fourth-order valence-electron chi connectivity index (χ4n) is 5.30. The Morgan fingerprint density at radius 2 is 2.00 bits per heavy atom. The first kappa shape index (κ1) is 19.9. The lowest BCUT2D eigenvalue weighted by Crippen LogP contribution is -2.59. The molecule has 1 aromatic carbocycles. The number of benzene rings is 1. The predicted octanol–water partition coefficient (Wildman–Crippen LogP) is 3.53. The Morgan fingerprint density at radius 3 is 2.76 bits per heavy atom. The van der Waals surface area contributed by atoms with Crippen LogP contribution in [-0.4, -0.2) is 61.0 Å². The van der Waals surface area contributed by atoms with Crippen LogP contribution < -0.4 is 10.1 Å². The van der Waals surface area contributed by atoms with E-state index in [4.69, 9.17) is 9.72 Å². The van der Waals surface area contributed by atoms with Crippen LogP contribution in [0.1, 0.15) is 32.6 Å². The molecular formula is C24H25N7O2. The largest absolute Gasteiger partial charge is 0.480 e. The summed E-state index contributed by atoms with van der Waals surface area (Å²) in [5, 5.41) is 4.26. The molecule has 0 radical (unpaired) electrons. The van der Waals surface area contributed by atoms with Gasteiger partial charge in [-0.3, -0.25) is 14.8 Å². The summed E-state index contributed by atoms with van der Waals surface area (Å²) in [5.74, 6) is 1.31. The Hall–Kier alpha value is -3.75. The molecule has 2 fully saturated rings. The van der Waals surface area contributed by atoms with Gasteiger partial charge < -0.3 is 19.9 Å². The summed E-state index contributed by atoms with van der Waals surface area (Å²) in [6.07, 6.45) is 8.70. The van der Waals surface area contributed by atoms with Crippen molar-refractivity contribution in [2.45, 2.75) is 44.2 Å². The van der Waals surface area contributed by atoms with Crippen LogP contribution in [0.25, 0.3) is 33.2 Å². The summed E-state index contributed by atoms with van der Waals surface area (Å²) < 4.78 is 5.65. The monoisotopic (exact) mass is 443 g/mol. The van der Waals surface area contributed by atoms with Crippen molar-refractivity contribution in [2.75, 3.05) is 19.0 Å². The van der Waals surface area contributed by atoms with Crippen molar-refractivity contribution in [2.24, 2.45) is 0 Å². The number of methoxy groups -OCH3 is 1. The van der Waals surface area contributed by atoms with Gasteiger partial charge in [0.2, 0.25) is 17.7 Å². The van der Waals surface area contributed by atoms with Gasteiger partial charge in [-0.1, -0.05) is 6.07 Å². The lowest BCUT2D eigenvalue weighted by atomic mass is 9.73. The number of hydrogen-bond donors (Lipinski definition) is 2. The third kappa shape index (κ3) is 3.26. The van der Waals surface area contributed by atoms with Gasteiger partial charge in [-0.05, 0) is 43.9 Å². The summed E-state index contributed by atoms with van der Waals surface area (Å²) in [6.45, 7) is 3.04. The minimum absolute atomic E-state index is 0.0714. The lowest BCUT2D eigenvalue weighted by molar-refractivity contribution is -0.136. The molecule has 1 saturated carbocycles. The maximum absolute atomic E-state index is 12.2. The van der Waals surface area contributed by atoms with Gasteiger partial charge in [0.25, 0.3) is 0 Å². The summed E-state index contributed by atoms with van der Waals surface area (Å²) in [4.78, 5) is 35.6. The number of likely N-dealkylation sites (tertiary alicyclic amines) is 1. The smallest absolute Gasteiger partial charge is 0.228 e. The van der Waals surface area contributed by atoms with E-state index in [-0.39, 0.29) is 17.5 Å². The van der Waals surface area contributed by atoms with Crippen molar-refractivity contribution in [3.8, 4) is 17.0 Å². The highest BCUT2D eigenvalue weighted by Gasteiger charge is 2.48. The summed E-state index contributed by atoms with van der Waals surface area (Å²) in [7, 11) is 1.62. The van der Waals surface area contributed by atoms with Crippen LogP contribution in [0.2, 0.25) is 0 Å². The van der Waals surface area contributed by atoms with Crippen LogP contribution in [-0.2, 0) is 4.79 Å². The third-order valence-electron chi connectivity index (χ3n) is 6.90. The molecular weight excluding hydrogens is 418 g/mol. The number of amides is 1. The van der Waals surface area contributed by atoms with Gasteiger partial charge >= 0.3 is 0 Å². The first-order valence-electron chi connectivity index (χ1n) is 11.3. The SMILES string of the molecule is COc1nc(N[C@H]2C[C@@](C)(N3CCCC3=O)C2)nc2[nH]cc(-c3ccc4nccnc4c3)c12. The molecule has 1 aliphatic carbocycles. The molecule has 9 nitrogen and oxygen atoms in total. The highest BCUT2D eigenvalue weighted by Crippen LogP contribution is 2.41. The van der Waals surface area contributed by atoms with Crippen molar-refractivity contribution in [3.05, 3.63) is 36.8 Å². The first-order valence-corrected chi connectivity index (χ1v) is 11.3. The fraction of sp³-hybridized carbons (Fsp3) is 0.375. The zero-order valence-corrected chi connectivity index (χ0v) is 18.6. The highest BCUT2D eigenvalue weighted by molar-refractivity contribution is 5.99. The number of fused-ring (bicyclic) bond motifs is 2. The summed E-state index contributed by atoms with van der Waals surface area (Å²) in [5.41, 5.74) is 4.24. The molecule has 4 heterocycles. The van der Waals surface area contributed by atoms with Crippen LogP contribution in [0.3, 0.4) is 0 Å². The molecule has 0 spiro atoms. The highest BCUT2D eigenvalue weighted by atomic mass is 16.5. The Kier molecular flexibility index (Phi) is 4.46. The van der Waals surface area contributed by atoms with Crippen LogP contribution in [0.15, 0.2) is 36.8 Å². The number of rotatable bonds is 5. The van der Waals surface area contributed by atoms with Crippen LogP contribution in [0.5, 0.6) is 5.88 Å². The van der Waals surface area contributed by atoms with Gasteiger partial charge in [-0.25, -0.2) is 0 Å². The normalized spacial score (nSPS) is 22.7. The van der Waals surface area contributed by atoms with E-state index in [0.717, 1.165) is 53.4 Å². The Balaban J connectivity index is 1.27. The maximum atomic E-state index is 12.2. The van der Waals surface area contributed by atoms with E-state index >= 15 is 0 Å². The molecule has 4 aromatic rings. The minimum atomic E-state index is -0.0714. The number of nitrogens with one attached hydrogen (secondary N) is 2. The predicted molar refractivity (Wildman–Crippen MR) is 125 cm³/mol. The average molecular weight is 444 g/mol. The van der Waals surface area contributed by atoms with Gasteiger partial charge in [-0.2, -0.15) is 9.97 Å². The Labute approximate surface area is 190 Å². The number of aromatic nitrogens is 5. The van der Waals surface area contributed by atoms with Crippen molar-refractivity contribution in [3.63, 3.8) is 0 Å². The van der Waals surface area contributed by atoms with Crippen molar-refractivity contribution in [1.82, 2.24) is 29.8 Å². The maximum Gasteiger partial charge on any atom is 0.228 e. The Bertz CT molecular complexity index is 1380. The molecule has 9 heteroatoms. The topological polar surface area (TPSA) is 109 Å². The first-order chi connectivity index (χ1) is 16.0. The quantitative estimate of drug-likeness (QED) is 0.486. The lowest BCUT2D eigenvalue weighted by Gasteiger charge is -2.51. The van der Waals surface area contributed by atoms with E-state index in [1.54, 1.807) is 19.5 Å². The number of carbonyl (C=O) groups excluding carboxylic acids is 1. The molecule has 1 aliphatic heterocycles. The number of ether oxygens (including phenoxy) is 1. The number of H-pyrrole nitrogens is 1. The van der Waals surface area contributed by atoms with E-state index in [2.05, 4.69) is 32.2 Å². The third-order valence-corrected chi connectivity index (χ3v) is 6.90. The molecule has 33 heavy (non-hydrogen) atoms. The van der Waals surface area contributed by atoms with E-state index < -0.39 is 0 Å². The van der Waals surface area contributed by atoms with E-state index in [0.29, 0.717) is 23.9 Å². The molecule has 0 unspecified atom stereocenters. The van der Waals surface area contributed by atoms with E-state index in [9.17, 15) is 4.79 Å². The Morgan fingerprint density at radius 1 is 1.18 bits per heavy atom.